The molecule has 6 nitrogen and oxygen atoms in total. The van der Waals surface area contributed by atoms with Crippen molar-refractivity contribution in [1.29, 1.82) is 0 Å². The molecule has 3 rings (SSSR count). The summed E-state index contributed by atoms with van der Waals surface area (Å²) in [4.78, 5) is 9.22. The fraction of sp³-hybridized carbons (Fsp3) is 0.462. The molecule has 1 aliphatic rings. The van der Waals surface area contributed by atoms with Crippen molar-refractivity contribution in [3.8, 4) is 11.4 Å². The number of hydrogen-bond acceptors (Lipinski definition) is 5. The summed E-state index contributed by atoms with van der Waals surface area (Å²) < 4.78 is 7.34. The van der Waals surface area contributed by atoms with Crippen molar-refractivity contribution in [2.75, 3.05) is 19.0 Å². The number of nitrogens with one attached hydrogen (secondary N) is 1. The van der Waals surface area contributed by atoms with Gasteiger partial charge in [0, 0.05) is 31.8 Å². The average Bonchev–Trinajstić information content (AvgIpc) is 2.95. The molecular formula is C13H17N5O. The number of rotatable bonds is 3. The molecule has 0 saturated carbocycles. The van der Waals surface area contributed by atoms with Gasteiger partial charge in [-0.15, -0.1) is 0 Å². The molecule has 0 aliphatic carbocycles. The van der Waals surface area contributed by atoms with Crippen LogP contribution in [-0.2, 0) is 24.3 Å². The van der Waals surface area contributed by atoms with Gasteiger partial charge in [-0.3, -0.25) is 4.68 Å². The molecule has 0 unspecified atom stereocenters. The van der Waals surface area contributed by atoms with E-state index in [2.05, 4.69) is 27.3 Å². The van der Waals surface area contributed by atoms with E-state index in [1.807, 2.05) is 24.1 Å². The summed E-state index contributed by atoms with van der Waals surface area (Å²) in [5.41, 5.74) is 3.10. The molecule has 0 fully saturated rings. The third-order valence-corrected chi connectivity index (χ3v) is 3.27. The van der Waals surface area contributed by atoms with E-state index in [0.29, 0.717) is 6.61 Å². The highest BCUT2D eigenvalue weighted by molar-refractivity contribution is 5.58. The van der Waals surface area contributed by atoms with Gasteiger partial charge in [-0.1, -0.05) is 0 Å². The van der Waals surface area contributed by atoms with Gasteiger partial charge in [0.25, 0.3) is 0 Å². The molecule has 0 spiro atoms. The molecule has 1 N–H and O–H groups in total. The van der Waals surface area contributed by atoms with Gasteiger partial charge in [0.1, 0.15) is 5.82 Å². The second-order valence-corrected chi connectivity index (χ2v) is 4.46. The zero-order valence-corrected chi connectivity index (χ0v) is 11.2. The molecule has 100 valence electrons. The van der Waals surface area contributed by atoms with Crippen LogP contribution >= 0.6 is 0 Å². The Labute approximate surface area is 111 Å². The van der Waals surface area contributed by atoms with Gasteiger partial charge in [0.2, 0.25) is 0 Å². The number of anilines is 1. The summed E-state index contributed by atoms with van der Waals surface area (Å²) >= 11 is 0. The minimum atomic E-state index is 0.583. The maximum atomic E-state index is 5.47. The number of fused-ring (bicyclic) bond motifs is 1. The predicted molar refractivity (Wildman–Crippen MR) is 71.8 cm³/mol. The van der Waals surface area contributed by atoms with Gasteiger partial charge in [-0.2, -0.15) is 5.10 Å². The normalized spacial score (nSPS) is 14.2. The van der Waals surface area contributed by atoms with E-state index in [0.717, 1.165) is 48.0 Å². The fourth-order valence-corrected chi connectivity index (χ4v) is 2.22. The Morgan fingerprint density at radius 2 is 2.32 bits per heavy atom. The third kappa shape index (κ3) is 2.19. The lowest BCUT2D eigenvalue weighted by Crippen LogP contribution is -2.16. The first-order chi connectivity index (χ1) is 9.31. The lowest BCUT2D eigenvalue weighted by molar-refractivity contribution is 0.109. The molecule has 19 heavy (non-hydrogen) atoms. The Hall–Kier alpha value is -1.95. The van der Waals surface area contributed by atoms with Gasteiger partial charge >= 0.3 is 0 Å². The summed E-state index contributed by atoms with van der Waals surface area (Å²) in [5.74, 6) is 1.58. The van der Waals surface area contributed by atoms with Gasteiger partial charge < -0.3 is 10.1 Å². The monoisotopic (exact) mass is 259 g/mol. The molecule has 0 bridgehead atoms. The smallest absolute Gasteiger partial charge is 0.164 e. The van der Waals surface area contributed by atoms with E-state index < -0.39 is 0 Å². The summed E-state index contributed by atoms with van der Waals surface area (Å²) in [5, 5.41) is 7.40. The summed E-state index contributed by atoms with van der Waals surface area (Å²) in [7, 11) is 1.87. The molecular weight excluding hydrogens is 242 g/mol. The van der Waals surface area contributed by atoms with Gasteiger partial charge in [-0.05, 0) is 6.92 Å². The Morgan fingerprint density at radius 1 is 1.42 bits per heavy atom. The van der Waals surface area contributed by atoms with Crippen molar-refractivity contribution in [3.63, 3.8) is 0 Å². The van der Waals surface area contributed by atoms with Crippen LogP contribution in [0.15, 0.2) is 12.4 Å². The predicted octanol–water partition coefficient (Wildman–Crippen LogP) is 1.47. The molecule has 1 aliphatic heterocycles. The van der Waals surface area contributed by atoms with Gasteiger partial charge in [0.05, 0.1) is 30.7 Å². The van der Waals surface area contributed by atoms with Crippen LogP contribution < -0.4 is 5.32 Å². The molecule has 0 radical (unpaired) electrons. The highest BCUT2D eigenvalue weighted by Crippen LogP contribution is 2.25. The molecule has 0 atom stereocenters. The van der Waals surface area contributed by atoms with E-state index in [9.17, 15) is 0 Å². The first-order valence-electron chi connectivity index (χ1n) is 6.50. The van der Waals surface area contributed by atoms with Crippen molar-refractivity contribution in [2.45, 2.75) is 26.5 Å². The Morgan fingerprint density at radius 3 is 3.05 bits per heavy atom. The minimum Gasteiger partial charge on any atom is -0.376 e. The number of aryl methyl sites for hydroxylation is 1. The lowest BCUT2D eigenvalue weighted by atomic mass is 10.1. The second kappa shape index (κ2) is 4.97. The van der Waals surface area contributed by atoms with E-state index in [1.165, 1.54) is 0 Å². The molecule has 2 aromatic rings. The van der Waals surface area contributed by atoms with Crippen LogP contribution in [-0.4, -0.2) is 33.4 Å². The lowest BCUT2D eigenvalue weighted by Gasteiger charge is -2.18. The van der Waals surface area contributed by atoms with Crippen LogP contribution in [0.1, 0.15) is 18.2 Å². The summed E-state index contributed by atoms with van der Waals surface area (Å²) in [6, 6.07) is 0. The van der Waals surface area contributed by atoms with E-state index >= 15 is 0 Å². The second-order valence-electron chi connectivity index (χ2n) is 4.46. The SMILES string of the molecule is CCn1cc(-c2nc3c(c(NC)n2)COCC3)cn1. The maximum Gasteiger partial charge on any atom is 0.164 e. The third-order valence-electron chi connectivity index (χ3n) is 3.27. The van der Waals surface area contributed by atoms with Crippen molar-refractivity contribution >= 4 is 5.82 Å². The van der Waals surface area contributed by atoms with Crippen molar-refractivity contribution < 1.29 is 4.74 Å². The number of nitrogens with zero attached hydrogens (tertiary/aromatic N) is 4. The highest BCUT2D eigenvalue weighted by atomic mass is 16.5. The number of aromatic nitrogens is 4. The quantitative estimate of drug-likeness (QED) is 0.904. The standard InChI is InChI=1S/C13H17N5O/c1-3-18-7-9(6-15-18)12-16-11-4-5-19-8-10(11)13(14-2)17-12/h6-7H,3-5,8H2,1-2H3,(H,14,16,17). The van der Waals surface area contributed by atoms with Crippen molar-refractivity contribution in [2.24, 2.45) is 0 Å². The average molecular weight is 259 g/mol. The number of hydrogen-bond donors (Lipinski definition) is 1. The summed E-state index contributed by atoms with van der Waals surface area (Å²) in [6.45, 7) is 4.21. The van der Waals surface area contributed by atoms with Gasteiger partial charge in [0.15, 0.2) is 5.82 Å². The molecule has 0 saturated heterocycles. The Bertz CT molecular complexity index is 575. The first kappa shape index (κ1) is 12.1. The largest absolute Gasteiger partial charge is 0.376 e. The van der Waals surface area contributed by atoms with Crippen molar-refractivity contribution in [1.82, 2.24) is 19.7 Å². The fourth-order valence-electron chi connectivity index (χ4n) is 2.22. The molecule has 6 heteroatoms. The van der Waals surface area contributed by atoms with Crippen LogP contribution in [0.4, 0.5) is 5.82 Å². The number of ether oxygens (including phenoxy) is 1. The first-order valence-corrected chi connectivity index (χ1v) is 6.50. The highest BCUT2D eigenvalue weighted by Gasteiger charge is 2.18. The zero-order chi connectivity index (χ0) is 13.2. The minimum absolute atomic E-state index is 0.583. The van der Waals surface area contributed by atoms with E-state index in [1.54, 1.807) is 0 Å². The molecule has 3 heterocycles. The van der Waals surface area contributed by atoms with Crippen LogP contribution in [0.2, 0.25) is 0 Å². The molecule has 0 amide bonds. The zero-order valence-electron chi connectivity index (χ0n) is 11.2. The van der Waals surface area contributed by atoms with Crippen LogP contribution in [0.5, 0.6) is 0 Å². The molecule has 0 aromatic carbocycles. The van der Waals surface area contributed by atoms with Crippen LogP contribution in [0.25, 0.3) is 11.4 Å². The molecule has 2 aromatic heterocycles. The van der Waals surface area contributed by atoms with E-state index in [4.69, 9.17) is 4.74 Å². The van der Waals surface area contributed by atoms with E-state index in [-0.39, 0.29) is 0 Å². The maximum absolute atomic E-state index is 5.47. The Kier molecular flexibility index (Phi) is 3.16. The summed E-state index contributed by atoms with van der Waals surface area (Å²) in [6.07, 6.45) is 4.62. The van der Waals surface area contributed by atoms with Crippen LogP contribution in [0, 0.1) is 0 Å². The van der Waals surface area contributed by atoms with Gasteiger partial charge in [-0.25, -0.2) is 9.97 Å². The van der Waals surface area contributed by atoms with Crippen LogP contribution in [0.3, 0.4) is 0 Å². The van der Waals surface area contributed by atoms with Crippen molar-refractivity contribution in [3.05, 3.63) is 23.7 Å². The topological polar surface area (TPSA) is 64.9 Å². The Balaban J connectivity index is 2.06.